The number of hydrogen-bond donors (Lipinski definition) is 0. The highest BCUT2D eigenvalue weighted by Gasteiger charge is 2.26. The van der Waals surface area contributed by atoms with Gasteiger partial charge in [-0.25, -0.2) is 12.7 Å². The molecule has 1 fully saturated rings. The topological polar surface area (TPSA) is 68.1 Å². The lowest BCUT2D eigenvalue weighted by Gasteiger charge is -2.31. The molecule has 2 aromatic rings. The van der Waals surface area contributed by atoms with Gasteiger partial charge in [0.25, 0.3) is 0 Å². The lowest BCUT2D eigenvalue weighted by Crippen LogP contribution is -2.39. The first kappa shape index (κ1) is 16.1. The molecule has 2 aromatic heterocycles. The smallest absolute Gasteiger partial charge is 0.211 e. The number of pyridine rings is 1. The molecule has 1 aliphatic heterocycles. The van der Waals surface area contributed by atoms with Crippen molar-refractivity contribution in [3.8, 4) is 11.4 Å². The van der Waals surface area contributed by atoms with E-state index in [9.17, 15) is 8.42 Å². The summed E-state index contributed by atoms with van der Waals surface area (Å²) in [5.74, 6) is 0.361. The predicted octanol–water partition coefficient (Wildman–Crippen LogP) is 1.70. The van der Waals surface area contributed by atoms with Gasteiger partial charge in [0.15, 0.2) is 0 Å². The maximum atomic E-state index is 11.7. The number of piperidine rings is 1. The summed E-state index contributed by atoms with van der Waals surface area (Å²) in [5, 5.41) is 4.18. The molecule has 0 aromatic carbocycles. The van der Waals surface area contributed by atoms with Crippen LogP contribution in [0, 0.1) is 5.92 Å². The van der Waals surface area contributed by atoms with Crippen LogP contribution in [0.5, 0.6) is 0 Å². The zero-order valence-electron chi connectivity index (χ0n) is 13.5. The van der Waals surface area contributed by atoms with Crippen molar-refractivity contribution in [3.05, 3.63) is 36.2 Å². The third-order valence-corrected chi connectivity index (χ3v) is 5.65. The Morgan fingerprint density at radius 2 is 2.13 bits per heavy atom. The maximum absolute atomic E-state index is 11.7. The molecule has 1 saturated heterocycles. The third kappa shape index (κ3) is 3.79. The van der Waals surface area contributed by atoms with Crippen LogP contribution >= 0.6 is 0 Å². The van der Waals surface area contributed by atoms with Crippen molar-refractivity contribution in [2.45, 2.75) is 19.3 Å². The van der Waals surface area contributed by atoms with Gasteiger partial charge in [0, 0.05) is 32.5 Å². The van der Waals surface area contributed by atoms with Gasteiger partial charge in [-0.3, -0.25) is 9.67 Å². The molecular weight excluding hydrogens is 312 g/mol. The minimum Gasteiger partial charge on any atom is -0.266 e. The molecule has 7 heteroatoms. The van der Waals surface area contributed by atoms with Gasteiger partial charge in [0.05, 0.1) is 17.6 Å². The number of rotatable bonds is 4. The Bertz CT molecular complexity index is 785. The van der Waals surface area contributed by atoms with E-state index in [1.165, 1.54) is 11.8 Å². The van der Waals surface area contributed by atoms with E-state index in [-0.39, 0.29) is 0 Å². The van der Waals surface area contributed by atoms with E-state index in [1.807, 2.05) is 25.4 Å². The fraction of sp³-hybridized carbons (Fsp3) is 0.500. The molecule has 0 saturated carbocycles. The Morgan fingerprint density at radius 1 is 1.30 bits per heavy atom. The van der Waals surface area contributed by atoms with Crippen LogP contribution < -0.4 is 0 Å². The average Bonchev–Trinajstić information content (AvgIpc) is 2.93. The summed E-state index contributed by atoms with van der Waals surface area (Å²) < 4.78 is 26.9. The van der Waals surface area contributed by atoms with Gasteiger partial charge in [-0.2, -0.15) is 5.10 Å². The second-order valence-electron chi connectivity index (χ2n) is 6.22. The minimum absolute atomic E-state index is 0.361. The van der Waals surface area contributed by atoms with Crippen molar-refractivity contribution in [1.82, 2.24) is 19.1 Å². The summed E-state index contributed by atoms with van der Waals surface area (Å²) in [5.41, 5.74) is 3.07. The maximum Gasteiger partial charge on any atom is 0.211 e. The largest absolute Gasteiger partial charge is 0.266 e. The molecule has 0 unspecified atom stereocenters. The second-order valence-corrected chi connectivity index (χ2v) is 8.21. The van der Waals surface area contributed by atoms with E-state index in [4.69, 9.17) is 0 Å². The van der Waals surface area contributed by atoms with Gasteiger partial charge in [0.1, 0.15) is 0 Å². The summed E-state index contributed by atoms with van der Waals surface area (Å²) in [7, 11) is -1.19. The number of nitrogens with zero attached hydrogens (tertiary/aromatic N) is 4. The molecule has 1 atom stereocenters. The van der Waals surface area contributed by atoms with Gasteiger partial charge in [-0.05, 0) is 48.9 Å². The first-order valence-corrected chi connectivity index (χ1v) is 9.67. The second kappa shape index (κ2) is 6.41. The minimum atomic E-state index is -3.09. The first-order chi connectivity index (χ1) is 10.9. The molecule has 0 aliphatic carbocycles. The van der Waals surface area contributed by atoms with Crippen LogP contribution in [0.2, 0.25) is 0 Å². The van der Waals surface area contributed by atoms with Crippen molar-refractivity contribution in [3.63, 3.8) is 0 Å². The molecule has 1 aliphatic rings. The fourth-order valence-electron chi connectivity index (χ4n) is 3.19. The Labute approximate surface area is 137 Å². The molecule has 23 heavy (non-hydrogen) atoms. The van der Waals surface area contributed by atoms with Crippen molar-refractivity contribution < 1.29 is 8.42 Å². The van der Waals surface area contributed by atoms with Crippen molar-refractivity contribution in [2.75, 3.05) is 19.3 Å². The van der Waals surface area contributed by atoms with E-state index in [0.29, 0.717) is 19.0 Å². The standard InChI is InChI=1S/C16H22N4O2S/c1-19-16(6-8-18-19)15-11-13(5-7-17-15)10-14-4-3-9-20(12-14)23(2,21)22/h5-8,11,14H,3-4,9-10,12H2,1-2H3/t14-/m1/s1. The molecule has 0 spiro atoms. The van der Waals surface area contributed by atoms with Crippen molar-refractivity contribution in [1.29, 1.82) is 0 Å². The van der Waals surface area contributed by atoms with Gasteiger partial charge < -0.3 is 0 Å². The summed E-state index contributed by atoms with van der Waals surface area (Å²) >= 11 is 0. The van der Waals surface area contributed by atoms with Gasteiger partial charge in [0.2, 0.25) is 10.0 Å². The zero-order valence-corrected chi connectivity index (χ0v) is 14.3. The number of aryl methyl sites for hydroxylation is 1. The molecule has 3 rings (SSSR count). The van der Waals surface area contributed by atoms with Crippen molar-refractivity contribution in [2.24, 2.45) is 13.0 Å². The highest BCUT2D eigenvalue weighted by atomic mass is 32.2. The SMILES string of the molecule is Cn1nccc1-c1cc(C[C@H]2CCCN(S(C)(=O)=O)C2)ccn1. The Kier molecular flexibility index (Phi) is 4.50. The van der Waals surface area contributed by atoms with Crippen LogP contribution in [-0.2, 0) is 23.5 Å². The number of aromatic nitrogens is 3. The van der Waals surface area contributed by atoms with Gasteiger partial charge >= 0.3 is 0 Å². The van der Waals surface area contributed by atoms with Gasteiger partial charge in [-0.1, -0.05) is 0 Å². The highest BCUT2D eigenvalue weighted by molar-refractivity contribution is 7.88. The van der Waals surface area contributed by atoms with Crippen LogP contribution in [0.3, 0.4) is 0 Å². The number of sulfonamides is 1. The molecule has 124 valence electrons. The number of hydrogen-bond acceptors (Lipinski definition) is 4. The lowest BCUT2D eigenvalue weighted by molar-refractivity contribution is 0.267. The van der Waals surface area contributed by atoms with E-state index < -0.39 is 10.0 Å². The summed E-state index contributed by atoms with van der Waals surface area (Å²) in [6.45, 7) is 1.26. The quantitative estimate of drug-likeness (QED) is 0.853. The molecule has 0 N–H and O–H groups in total. The van der Waals surface area contributed by atoms with Crippen LogP contribution in [0.15, 0.2) is 30.6 Å². The summed E-state index contributed by atoms with van der Waals surface area (Å²) in [4.78, 5) is 4.42. The monoisotopic (exact) mass is 334 g/mol. The lowest BCUT2D eigenvalue weighted by atomic mass is 9.92. The predicted molar refractivity (Wildman–Crippen MR) is 89.3 cm³/mol. The highest BCUT2D eigenvalue weighted by Crippen LogP contribution is 2.24. The van der Waals surface area contributed by atoms with Crippen LogP contribution in [0.25, 0.3) is 11.4 Å². The van der Waals surface area contributed by atoms with Crippen LogP contribution in [0.4, 0.5) is 0 Å². The Balaban J connectivity index is 1.75. The van der Waals surface area contributed by atoms with E-state index in [2.05, 4.69) is 16.1 Å². The van der Waals surface area contributed by atoms with Gasteiger partial charge in [-0.15, -0.1) is 0 Å². The van der Waals surface area contributed by atoms with E-state index >= 15 is 0 Å². The molecular formula is C16H22N4O2S. The van der Waals surface area contributed by atoms with Crippen LogP contribution in [-0.4, -0.2) is 46.8 Å². The van der Waals surface area contributed by atoms with E-state index in [0.717, 1.165) is 30.7 Å². The van der Waals surface area contributed by atoms with E-state index in [1.54, 1.807) is 15.2 Å². The zero-order chi connectivity index (χ0) is 16.4. The third-order valence-electron chi connectivity index (χ3n) is 4.38. The van der Waals surface area contributed by atoms with Crippen LogP contribution in [0.1, 0.15) is 18.4 Å². The Hall–Kier alpha value is -1.73. The average molecular weight is 334 g/mol. The Morgan fingerprint density at radius 3 is 2.83 bits per heavy atom. The molecule has 0 amide bonds. The molecule has 0 bridgehead atoms. The molecule has 0 radical (unpaired) electrons. The summed E-state index contributed by atoms with van der Waals surface area (Å²) in [6.07, 6.45) is 7.73. The van der Waals surface area contributed by atoms with Crippen molar-refractivity contribution >= 4 is 10.0 Å². The normalized spacial score (nSPS) is 19.8. The fourth-order valence-corrected chi connectivity index (χ4v) is 4.14. The first-order valence-electron chi connectivity index (χ1n) is 7.82. The summed E-state index contributed by atoms with van der Waals surface area (Å²) in [6, 6.07) is 6.04. The molecule has 6 nitrogen and oxygen atoms in total. The molecule has 3 heterocycles.